The van der Waals surface area contributed by atoms with Gasteiger partial charge in [-0.25, -0.2) is 9.07 Å². The van der Waals surface area contributed by atoms with E-state index in [4.69, 9.17) is 0 Å². The quantitative estimate of drug-likeness (QED) is 0.419. The zero-order valence-electron chi connectivity index (χ0n) is 17.7. The third-order valence-electron chi connectivity index (χ3n) is 5.61. The van der Waals surface area contributed by atoms with Crippen LogP contribution in [-0.2, 0) is 4.79 Å². The molecule has 2 heterocycles. The number of aromatic nitrogens is 3. The number of rotatable bonds is 5. The Morgan fingerprint density at radius 3 is 2.33 bits per heavy atom. The Hall–Kier alpha value is -4.26. The van der Waals surface area contributed by atoms with E-state index in [9.17, 15) is 9.18 Å². The van der Waals surface area contributed by atoms with Crippen molar-refractivity contribution in [3.05, 3.63) is 114 Å². The predicted molar refractivity (Wildman–Crippen MR) is 126 cm³/mol. The lowest BCUT2D eigenvalue weighted by molar-refractivity contribution is -0.111. The minimum absolute atomic E-state index is 0.0273. The molecule has 4 aromatic rings. The summed E-state index contributed by atoms with van der Waals surface area (Å²) in [6.07, 6.45) is 3.78. The highest BCUT2D eigenvalue weighted by molar-refractivity contribution is 6.00. The van der Waals surface area contributed by atoms with Gasteiger partial charge in [-0.3, -0.25) is 10.1 Å². The summed E-state index contributed by atoms with van der Waals surface area (Å²) in [7, 11) is 0. The van der Waals surface area contributed by atoms with Crippen LogP contribution in [0.4, 0.5) is 16.3 Å². The molecule has 0 saturated heterocycles. The summed E-state index contributed by atoms with van der Waals surface area (Å²) in [5.74, 6) is 0.138. The van der Waals surface area contributed by atoms with Crippen molar-refractivity contribution in [2.75, 3.05) is 10.6 Å². The molecule has 7 heteroatoms. The van der Waals surface area contributed by atoms with Crippen LogP contribution in [0.25, 0.3) is 6.08 Å². The minimum atomic E-state index is -0.363. The first-order valence-electron chi connectivity index (χ1n) is 10.7. The Labute approximate surface area is 190 Å². The molecule has 1 amide bonds. The van der Waals surface area contributed by atoms with Gasteiger partial charge in [0.25, 0.3) is 11.9 Å². The molecule has 0 spiro atoms. The van der Waals surface area contributed by atoms with Gasteiger partial charge in [0.2, 0.25) is 5.95 Å². The number of halogens is 1. The van der Waals surface area contributed by atoms with Gasteiger partial charge in [0, 0.05) is 6.08 Å². The van der Waals surface area contributed by atoms with E-state index in [-0.39, 0.29) is 29.8 Å². The smallest absolute Gasteiger partial charge is 0.250 e. The number of nitrogens with one attached hydrogen (secondary N) is 2. The van der Waals surface area contributed by atoms with Gasteiger partial charge in [-0.1, -0.05) is 72.8 Å². The highest BCUT2D eigenvalue weighted by atomic mass is 19.1. The highest BCUT2D eigenvalue weighted by Gasteiger charge is 2.31. The van der Waals surface area contributed by atoms with Crippen LogP contribution in [0, 0.1) is 5.82 Å². The maximum Gasteiger partial charge on any atom is 0.250 e. The van der Waals surface area contributed by atoms with Crippen molar-refractivity contribution in [1.82, 2.24) is 14.8 Å². The summed E-state index contributed by atoms with van der Waals surface area (Å²) in [5.41, 5.74) is 3.01. The van der Waals surface area contributed by atoms with Gasteiger partial charge >= 0.3 is 0 Å². The predicted octanol–water partition coefficient (Wildman–Crippen LogP) is 5.22. The summed E-state index contributed by atoms with van der Waals surface area (Å²) < 4.78 is 14.9. The topological polar surface area (TPSA) is 71.8 Å². The molecule has 1 aliphatic rings. The maximum atomic E-state index is 13.0. The molecule has 33 heavy (non-hydrogen) atoms. The SMILES string of the molecule is O=C(/C=C/c1ccc(F)cc1)Nc1nc2n(n1)[C@H](c1ccccc1)C[C@H](c1ccccc1)N2. The first kappa shape index (κ1) is 20.6. The number of carbonyl (C=O) groups excluding carboxylic acids is 1. The Balaban J connectivity index is 1.39. The van der Waals surface area contributed by atoms with Crippen molar-refractivity contribution in [2.45, 2.75) is 18.5 Å². The molecule has 0 bridgehead atoms. The standard InChI is InChI=1S/C26H22FN5O/c27-21-14-11-18(12-15-21)13-16-24(33)29-25-30-26-28-22(19-7-3-1-4-8-19)17-23(32(26)31-25)20-9-5-2-6-10-20/h1-16,22-23H,17H2,(H2,28,29,30,31,33)/b16-13+/t22-,23+/m1/s1. The molecule has 6 nitrogen and oxygen atoms in total. The Morgan fingerprint density at radius 2 is 1.64 bits per heavy atom. The molecule has 2 atom stereocenters. The van der Waals surface area contributed by atoms with Crippen LogP contribution in [0.2, 0.25) is 0 Å². The van der Waals surface area contributed by atoms with Crippen LogP contribution in [0.1, 0.15) is 35.2 Å². The van der Waals surface area contributed by atoms with Crippen molar-refractivity contribution in [1.29, 1.82) is 0 Å². The van der Waals surface area contributed by atoms with E-state index in [0.717, 1.165) is 17.5 Å². The lowest BCUT2D eigenvalue weighted by Gasteiger charge is -2.31. The highest BCUT2D eigenvalue weighted by Crippen LogP contribution is 2.38. The second-order valence-electron chi connectivity index (χ2n) is 7.85. The second kappa shape index (κ2) is 9.08. The molecule has 1 aromatic heterocycles. The van der Waals surface area contributed by atoms with E-state index in [0.29, 0.717) is 5.95 Å². The molecule has 0 radical (unpaired) electrons. The van der Waals surface area contributed by atoms with Crippen molar-refractivity contribution >= 4 is 23.9 Å². The van der Waals surface area contributed by atoms with Gasteiger partial charge in [0.1, 0.15) is 5.82 Å². The van der Waals surface area contributed by atoms with E-state index in [1.54, 1.807) is 18.2 Å². The third-order valence-corrected chi connectivity index (χ3v) is 5.61. The first-order valence-corrected chi connectivity index (χ1v) is 10.7. The van der Waals surface area contributed by atoms with Crippen molar-refractivity contribution in [3.63, 3.8) is 0 Å². The fourth-order valence-corrected chi connectivity index (χ4v) is 3.98. The van der Waals surface area contributed by atoms with E-state index in [2.05, 4.69) is 45.0 Å². The van der Waals surface area contributed by atoms with Crippen LogP contribution in [0.15, 0.2) is 91.0 Å². The number of fused-ring (bicyclic) bond motifs is 1. The molecule has 2 N–H and O–H groups in total. The molecule has 5 rings (SSSR count). The number of hydrogen-bond acceptors (Lipinski definition) is 4. The molecule has 0 aliphatic carbocycles. The zero-order valence-corrected chi connectivity index (χ0v) is 17.7. The molecule has 0 fully saturated rings. The third kappa shape index (κ3) is 4.67. The normalized spacial score (nSPS) is 17.4. The molecule has 3 aromatic carbocycles. The number of nitrogens with zero attached hydrogens (tertiary/aromatic N) is 3. The summed E-state index contributed by atoms with van der Waals surface area (Å²) in [6, 6.07) is 26.3. The van der Waals surface area contributed by atoms with Gasteiger partial charge in [0.05, 0.1) is 12.1 Å². The van der Waals surface area contributed by atoms with Crippen molar-refractivity contribution < 1.29 is 9.18 Å². The van der Waals surface area contributed by atoms with Crippen molar-refractivity contribution in [2.24, 2.45) is 0 Å². The van der Waals surface area contributed by atoms with E-state index in [1.165, 1.54) is 23.8 Å². The minimum Gasteiger partial charge on any atom is -0.347 e. The Bertz CT molecular complexity index is 1270. The molecular formula is C26H22FN5O. The number of amides is 1. The Kier molecular flexibility index (Phi) is 5.68. The lowest BCUT2D eigenvalue weighted by Crippen LogP contribution is -2.28. The summed E-state index contributed by atoms with van der Waals surface area (Å²) in [6.45, 7) is 0. The van der Waals surface area contributed by atoms with Crippen LogP contribution in [0.5, 0.6) is 0 Å². The number of anilines is 2. The van der Waals surface area contributed by atoms with Crippen LogP contribution in [-0.4, -0.2) is 20.7 Å². The molecule has 0 unspecified atom stereocenters. The number of benzene rings is 3. The molecule has 164 valence electrons. The van der Waals surface area contributed by atoms with E-state index in [1.807, 2.05) is 41.1 Å². The van der Waals surface area contributed by atoms with Gasteiger partial charge in [-0.2, -0.15) is 4.98 Å². The van der Waals surface area contributed by atoms with Gasteiger partial charge < -0.3 is 5.32 Å². The van der Waals surface area contributed by atoms with Crippen LogP contribution < -0.4 is 10.6 Å². The summed E-state index contributed by atoms with van der Waals surface area (Å²) >= 11 is 0. The fourth-order valence-electron chi connectivity index (χ4n) is 3.98. The Morgan fingerprint density at radius 1 is 0.970 bits per heavy atom. The lowest BCUT2D eigenvalue weighted by atomic mass is 9.93. The zero-order chi connectivity index (χ0) is 22.6. The second-order valence-corrected chi connectivity index (χ2v) is 7.85. The summed E-state index contributed by atoms with van der Waals surface area (Å²) in [4.78, 5) is 17.0. The average molecular weight is 439 g/mol. The largest absolute Gasteiger partial charge is 0.347 e. The van der Waals surface area contributed by atoms with Crippen LogP contribution >= 0.6 is 0 Å². The van der Waals surface area contributed by atoms with E-state index >= 15 is 0 Å². The first-order chi connectivity index (χ1) is 16.2. The number of hydrogen-bond donors (Lipinski definition) is 2. The average Bonchev–Trinajstić information content (AvgIpc) is 3.26. The molecule has 0 saturated carbocycles. The fraction of sp³-hybridized carbons (Fsp3) is 0.115. The summed E-state index contributed by atoms with van der Waals surface area (Å²) in [5, 5.41) is 10.7. The van der Waals surface area contributed by atoms with Gasteiger partial charge in [-0.15, -0.1) is 5.10 Å². The van der Waals surface area contributed by atoms with E-state index < -0.39 is 0 Å². The number of carbonyl (C=O) groups is 1. The van der Waals surface area contributed by atoms with Crippen LogP contribution in [0.3, 0.4) is 0 Å². The maximum absolute atomic E-state index is 13.0. The van der Waals surface area contributed by atoms with Gasteiger partial charge in [-0.05, 0) is 41.3 Å². The van der Waals surface area contributed by atoms with Gasteiger partial charge in [0.15, 0.2) is 0 Å². The monoisotopic (exact) mass is 439 g/mol. The molecular weight excluding hydrogens is 417 g/mol. The molecule has 1 aliphatic heterocycles. The van der Waals surface area contributed by atoms with Crippen molar-refractivity contribution in [3.8, 4) is 0 Å².